The molecule has 0 saturated carbocycles. The fourth-order valence-corrected chi connectivity index (χ4v) is 2.43. The Hall–Kier alpha value is -1.68. The lowest BCUT2D eigenvalue weighted by Gasteiger charge is -2.08. The molecule has 20 heavy (non-hydrogen) atoms. The number of hydrogen-bond acceptors (Lipinski definition) is 2. The second kappa shape index (κ2) is 6.18. The van der Waals surface area contributed by atoms with Gasteiger partial charge in [0.2, 0.25) is 0 Å². The van der Waals surface area contributed by atoms with Gasteiger partial charge in [0.1, 0.15) is 11.6 Å². The highest BCUT2D eigenvalue weighted by atomic mass is 79.9. The van der Waals surface area contributed by atoms with Crippen molar-refractivity contribution in [3.63, 3.8) is 0 Å². The van der Waals surface area contributed by atoms with Gasteiger partial charge in [-0.15, -0.1) is 0 Å². The molecule has 2 nitrogen and oxygen atoms in total. The lowest BCUT2D eigenvalue weighted by Crippen LogP contribution is -2.06. The molecule has 0 N–H and O–H groups in total. The van der Waals surface area contributed by atoms with Gasteiger partial charge < -0.3 is 4.74 Å². The van der Waals surface area contributed by atoms with Crippen LogP contribution < -0.4 is 4.74 Å². The van der Waals surface area contributed by atoms with Crippen LogP contribution in [0.15, 0.2) is 40.9 Å². The average Bonchev–Trinajstić information content (AvgIpc) is 2.41. The Bertz CT molecular complexity index is 653. The monoisotopic (exact) mass is 336 g/mol. The first-order valence-electron chi connectivity index (χ1n) is 6.26. The second-order valence-corrected chi connectivity index (χ2v) is 5.24. The van der Waals surface area contributed by atoms with E-state index in [4.69, 9.17) is 4.74 Å². The highest BCUT2D eigenvalue weighted by Gasteiger charge is 2.17. The molecule has 0 aliphatic rings. The molecule has 0 amide bonds. The van der Waals surface area contributed by atoms with Crippen LogP contribution in [0.5, 0.6) is 5.75 Å². The predicted molar refractivity (Wildman–Crippen MR) is 79.9 cm³/mol. The maximum Gasteiger partial charge on any atom is 0.197 e. The highest BCUT2D eigenvalue weighted by Crippen LogP contribution is 2.26. The summed E-state index contributed by atoms with van der Waals surface area (Å²) in [6.07, 6.45) is 0. The van der Waals surface area contributed by atoms with Crippen molar-refractivity contribution in [1.82, 2.24) is 0 Å². The molecular formula is C16H14BrFO2. The van der Waals surface area contributed by atoms with Crippen LogP contribution in [-0.2, 0) is 0 Å². The zero-order chi connectivity index (χ0) is 14.7. The molecule has 0 spiro atoms. The third-order valence-corrected chi connectivity index (χ3v) is 3.52. The minimum absolute atomic E-state index is 0.0786. The smallest absolute Gasteiger partial charge is 0.197 e. The summed E-state index contributed by atoms with van der Waals surface area (Å²) in [5, 5.41) is 0. The summed E-state index contributed by atoms with van der Waals surface area (Å²) in [4.78, 5) is 12.4. The SMILES string of the molecule is CCOc1ccc(C(=O)c2cc(C)ccc2F)c(Br)c1. The van der Waals surface area contributed by atoms with Crippen molar-refractivity contribution in [2.24, 2.45) is 0 Å². The van der Waals surface area contributed by atoms with Crippen LogP contribution in [0, 0.1) is 12.7 Å². The molecular weight excluding hydrogens is 323 g/mol. The summed E-state index contributed by atoms with van der Waals surface area (Å²) in [6, 6.07) is 9.56. The summed E-state index contributed by atoms with van der Waals surface area (Å²) >= 11 is 3.33. The molecule has 4 heteroatoms. The lowest BCUT2D eigenvalue weighted by molar-refractivity contribution is 0.103. The Kier molecular flexibility index (Phi) is 4.55. The van der Waals surface area contributed by atoms with Gasteiger partial charge in [0.05, 0.1) is 12.2 Å². The van der Waals surface area contributed by atoms with Gasteiger partial charge in [-0.05, 0) is 60.1 Å². The molecule has 0 aromatic heterocycles. The van der Waals surface area contributed by atoms with Crippen LogP contribution in [0.4, 0.5) is 4.39 Å². The van der Waals surface area contributed by atoms with Gasteiger partial charge in [0.25, 0.3) is 0 Å². The second-order valence-electron chi connectivity index (χ2n) is 4.39. The largest absolute Gasteiger partial charge is 0.494 e. The Labute approximate surface area is 125 Å². The summed E-state index contributed by atoms with van der Waals surface area (Å²) in [6.45, 7) is 4.25. The van der Waals surface area contributed by atoms with E-state index >= 15 is 0 Å². The van der Waals surface area contributed by atoms with E-state index in [0.717, 1.165) is 5.56 Å². The quantitative estimate of drug-likeness (QED) is 0.767. The molecule has 0 unspecified atom stereocenters. The van der Waals surface area contributed by atoms with Crippen molar-refractivity contribution in [2.45, 2.75) is 13.8 Å². The normalized spacial score (nSPS) is 10.4. The standard InChI is InChI=1S/C16H14BrFO2/c1-3-20-11-5-6-12(14(17)9-11)16(19)13-8-10(2)4-7-15(13)18/h4-9H,3H2,1-2H3. The predicted octanol–water partition coefficient (Wildman–Crippen LogP) is 4.53. The van der Waals surface area contributed by atoms with Crippen LogP contribution in [0.1, 0.15) is 28.4 Å². The number of aryl methyl sites for hydroxylation is 1. The van der Waals surface area contributed by atoms with Crippen molar-refractivity contribution < 1.29 is 13.9 Å². The fraction of sp³-hybridized carbons (Fsp3) is 0.188. The maximum atomic E-state index is 13.8. The Morgan fingerprint density at radius 3 is 2.60 bits per heavy atom. The van der Waals surface area contributed by atoms with Crippen molar-refractivity contribution in [1.29, 1.82) is 0 Å². The van der Waals surface area contributed by atoms with E-state index in [1.54, 1.807) is 30.3 Å². The number of halogens is 2. The van der Waals surface area contributed by atoms with E-state index in [1.165, 1.54) is 6.07 Å². The number of rotatable bonds is 4. The first-order chi connectivity index (χ1) is 9.52. The molecule has 0 fully saturated rings. The maximum absolute atomic E-state index is 13.8. The van der Waals surface area contributed by atoms with Gasteiger partial charge >= 0.3 is 0 Å². The van der Waals surface area contributed by atoms with Gasteiger partial charge in [0, 0.05) is 10.0 Å². The van der Waals surface area contributed by atoms with Crippen molar-refractivity contribution in [3.05, 3.63) is 63.4 Å². The van der Waals surface area contributed by atoms with E-state index < -0.39 is 5.82 Å². The van der Waals surface area contributed by atoms with Crippen molar-refractivity contribution in [3.8, 4) is 5.75 Å². The number of benzene rings is 2. The third-order valence-electron chi connectivity index (χ3n) is 2.86. The minimum atomic E-state index is -0.513. The number of ketones is 1. The molecule has 0 saturated heterocycles. The molecule has 2 aromatic rings. The van der Waals surface area contributed by atoms with E-state index in [9.17, 15) is 9.18 Å². The molecule has 0 aliphatic heterocycles. The van der Waals surface area contributed by atoms with Crippen molar-refractivity contribution in [2.75, 3.05) is 6.61 Å². The van der Waals surface area contributed by atoms with Crippen LogP contribution in [0.25, 0.3) is 0 Å². The molecule has 104 valence electrons. The summed E-state index contributed by atoms with van der Waals surface area (Å²) in [5.41, 5.74) is 1.34. The Morgan fingerprint density at radius 1 is 1.20 bits per heavy atom. The number of carbonyl (C=O) groups excluding carboxylic acids is 1. The lowest BCUT2D eigenvalue weighted by atomic mass is 10.0. The van der Waals surface area contributed by atoms with Crippen LogP contribution >= 0.6 is 15.9 Å². The number of ether oxygens (including phenoxy) is 1. The zero-order valence-corrected chi connectivity index (χ0v) is 12.8. The summed E-state index contributed by atoms with van der Waals surface area (Å²) in [5.74, 6) is -0.192. The summed E-state index contributed by atoms with van der Waals surface area (Å²) in [7, 11) is 0. The molecule has 0 atom stereocenters. The summed E-state index contributed by atoms with van der Waals surface area (Å²) < 4.78 is 19.7. The van der Waals surface area contributed by atoms with E-state index in [0.29, 0.717) is 22.4 Å². The van der Waals surface area contributed by atoms with E-state index in [2.05, 4.69) is 15.9 Å². The third kappa shape index (κ3) is 3.07. The molecule has 2 aromatic carbocycles. The Morgan fingerprint density at radius 2 is 1.95 bits per heavy atom. The van der Waals surface area contributed by atoms with Gasteiger partial charge in [-0.2, -0.15) is 0 Å². The topological polar surface area (TPSA) is 26.3 Å². The first kappa shape index (κ1) is 14.7. The molecule has 0 heterocycles. The minimum Gasteiger partial charge on any atom is -0.494 e. The van der Waals surface area contributed by atoms with E-state index in [1.807, 2.05) is 13.8 Å². The fourth-order valence-electron chi connectivity index (χ4n) is 1.89. The molecule has 2 rings (SSSR count). The highest BCUT2D eigenvalue weighted by molar-refractivity contribution is 9.10. The van der Waals surface area contributed by atoms with E-state index in [-0.39, 0.29) is 11.3 Å². The van der Waals surface area contributed by atoms with Crippen molar-refractivity contribution >= 4 is 21.7 Å². The number of hydrogen-bond donors (Lipinski definition) is 0. The van der Waals surface area contributed by atoms with Gasteiger partial charge in [-0.1, -0.05) is 11.6 Å². The van der Waals surface area contributed by atoms with Gasteiger partial charge in [-0.3, -0.25) is 4.79 Å². The van der Waals surface area contributed by atoms with Crippen LogP contribution in [-0.4, -0.2) is 12.4 Å². The average molecular weight is 337 g/mol. The molecule has 0 radical (unpaired) electrons. The van der Waals surface area contributed by atoms with Gasteiger partial charge in [0.15, 0.2) is 5.78 Å². The van der Waals surface area contributed by atoms with Crippen LogP contribution in [0.3, 0.4) is 0 Å². The number of carbonyl (C=O) groups is 1. The molecule has 0 bridgehead atoms. The Balaban J connectivity index is 2.40. The first-order valence-corrected chi connectivity index (χ1v) is 7.05. The molecule has 0 aliphatic carbocycles. The van der Waals surface area contributed by atoms with Crippen LogP contribution in [0.2, 0.25) is 0 Å². The zero-order valence-electron chi connectivity index (χ0n) is 11.2. The van der Waals surface area contributed by atoms with Gasteiger partial charge in [-0.25, -0.2) is 4.39 Å².